The van der Waals surface area contributed by atoms with Gasteiger partial charge in [-0.15, -0.1) is 11.3 Å². The minimum Gasteiger partial charge on any atom is -0.493 e. The first-order valence-electron chi connectivity index (χ1n) is 10.7. The van der Waals surface area contributed by atoms with Gasteiger partial charge in [-0.1, -0.05) is 18.2 Å². The van der Waals surface area contributed by atoms with Crippen LogP contribution in [0.1, 0.15) is 34.3 Å². The number of thiophene rings is 1. The van der Waals surface area contributed by atoms with Crippen molar-refractivity contribution in [2.24, 2.45) is 0 Å². The normalized spacial score (nSPS) is 15.6. The molecule has 1 N–H and O–H groups in total. The van der Waals surface area contributed by atoms with Crippen LogP contribution in [0, 0.1) is 0 Å². The van der Waals surface area contributed by atoms with Crippen LogP contribution in [-0.4, -0.2) is 41.5 Å². The van der Waals surface area contributed by atoms with Crippen LogP contribution < -0.4 is 9.47 Å². The lowest BCUT2D eigenvalue weighted by molar-refractivity contribution is -0.133. The molecule has 0 fully saturated rings. The molecule has 7 heteroatoms. The number of amides is 1. The van der Waals surface area contributed by atoms with Crippen LogP contribution in [0.5, 0.6) is 11.5 Å². The van der Waals surface area contributed by atoms with Crippen molar-refractivity contribution in [3.8, 4) is 11.5 Å². The molecule has 3 heterocycles. The number of nitrogens with one attached hydrogen (secondary N) is 1. The van der Waals surface area contributed by atoms with Crippen LogP contribution in [-0.2, 0) is 17.6 Å². The molecule has 1 aliphatic rings. The summed E-state index contributed by atoms with van der Waals surface area (Å²) in [5.41, 5.74) is 4.23. The summed E-state index contributed by atoms with van der Waals surface area (Å²) in [5.74, 6) is 2.38. The summed E-state index contributed by atoms with van der Waals surface area (Å²) in [6.07, 6.45) is 1.78. The van der Waals surface area contributed by atoms with Gasteiger partial charge in [0.2, 0.25) is 5.91 Å². The number of H-pyrrole nitrogens is 1. The Morgan fingerprint density at radius 2 is 1.97 bits per heavy atom. The Hall–Kier alpha value is -3.32. The number of aromatic amines is 1. The van der Waals surface area contributed by atoms with E-state index in [2.05, 4.69) is 21.4 Å². The van der Waals surface area contributed by atoms with Gasteiger partial charge in [0.1, 0.15) is 5.82 Å². The molecule has 1 aliphatic heterocycles. The summed E-state index contributed by atoms with van der Waals surface area (Å²) >= 11 is 1.67. The van der Waals surface area contributed by atoms with Crippen LogP contribution in [0.2, 0.25) is 0 Å². The highest BCUT2D eigenvalue weighted by Gasteiger charge is 2.33. The lowest BCUT2D eigenvalue weighted by Crippen LogP contribution is -2.40. The standard InChI is InChI=1S/C25H25N3O3S/c1-30-20-14-16-11-12-28(25(22-8-5-13-32-22)17(16)15-21(20)31-2)24(29)10-9-23-26-18-6-3-4-7-19(18)27-23/h3-8,13-15,25H,9-12H2,1-2H3,(H,26,27)/t25-/m0/s1. The summed E-state index contributed by atoms with van der Waals surface area (Å²) in [5, 5.41) is 2.06. The van der Waals surface area contributed by atoms with Crippen molar-refractivity contribution in [2.45, 2.75) is 25.3 Å². The molecule has 5 rings (SSSR count). The largest absolute Gasteiger partial charge is 0.493 e. The molecule has 0 radical (unpaired) electrons. The number of hydrogen-bond donors (Lipinski definition) is 1. The van der Waals surface area contributed by atoms with Gasteiger partial charge in [-0.25, -0.2) is 4.98 Å². The van der Waals surface area contributed by atoms with Crippen molar-refractivity contribution in [1.29, 1.82) is 0 Å². The van der Waals surface area contributed by atoms with E-state index in [1.54, 1.807) is 25.6 Å². The fourth-order valence-electron chi connectivity index (χ4n) is 4.46. The number of fused-ring (bicyclic) bond motifs is 2. The Bertz CT molecular complexity index is 1220. The van der Waals surface area contributed by atoms with Gasteiger partial charge in [-0.2, -0.15) is 0 Å². The highest BCUT2D eigenvalue weighted by molar-refractivity contribution is 7.10. The van der Waals surface area contributed by atoms with Gasteiger partial charge in [0.25, 0.3) is 0 Å². The first-order chi connectivity index (χ1) is 15.7. The maximum Gasteiger partial charge on any atom is 0.223 e. The van der Waals surface area contributed by atoms with Gasteiger partial charge in [0, 0.05) is 24.3 Å². The first kappa shape index (κ1) is 20.6. The van der Waals surface area contributed by atoms with Gasteiger partial charge in [-0.3, -0.25) is 4.79 Å². The fourth-order valence-corrected chi connectivity index (χ4v) is 5.32. The molecule has 164 valence electrons. The molecule has 1 amide bonds. The topological polar surface area (TPSA) is 67.5 Å². The highest BCUT2D eigenvalue weighted by atomic mass is 32.1. The van der Waals surface area contributed by atoms with Gasteiger partial charge in [-0.05, 0) is 53.3 Å². The molecule has 32 heavy (non-hydrogen) atoms. The van der Waals surface area contributed by atoms with E-state index in [1.165, 1.54) is 5.56 Å². The lowest BCUT2D eigenvalue weighted by Gasteiger charge is -2.37. The summed E-state index contributed by atoms with van der Waals surface area (Å²) in [6, 6.07) is 16.0. The number of aromatic nitrogens is 2. The third-order valence-electron chi connectivity index (χ3n) is 6.02. The van der Waals surface area contributed by atoms with Crippen LogP contribution in [0.25, 0.3) is 11.0 Å². The third-order valence-corrected chi connectivity index (χ3v) is 6.95. The Morgan fingerprint density at radius 3 is 2.72 bits per heavy atom. The number of benzene rings is 2. The summed E-state index contributed by atoms with van der Waals surface area (Å²) in [7, 11) is 3.29. The monoisotopic (exact) mass is 447 g/mol. The number of para-hydroxylation sites is 2. The Balaban J connectivity index is 1.43. The molecule has 2 aromatic heterocycles. The zero-order valence-electron chi connectivity index (χ0n) is 18.1. The molecule has 6 nitrogen and oxygen atoms in total. The van der Waals surface area contributed by atoms with Crippen LogP contribution >= 0.6 is 11.3 Å². The number of rotatable bonds is 6. The van der Waals surface area contributed by atoms with E-state index in [1.807, 2.05) is 47.4 Å². The number of ether oxygens (including phenoxy) is 2. The lowest BCUT2D eigenvalue weighted by atomic mass is 9.90. The second kappa shape index (κ2) is 8.67. The highest BCUT2D eigenvalue weighted by Crippen LogP contribution is 2.42. The van der Waals surface area contributed by atoms with Crippen molar-refractivity contribution < 1.29 is 14.3 Å². The minimum absolute atomic E-state index is 0.123. The molecule has 1 atom stereocenters. The number of hydrogen-bond acceptors (Lipinski definition) is 5. The van der Waals surface area contributed by atoms with E-state index in [-0.39, 0.29) is 11.9 Å². The predicted octanol–water partition coefficient (Wildman–Crippen LogP) is 4.75. The van der Waals surface area contributed by atoms with E-state index in [0.29, 0.717) is 25.1 Å². The molecule has 4 aromatic rings. The SMILES string of the molecule is COc1cc2c(cc1OC)[C@@H](c1cccs1)N(C(=O)CCc1nc3ccccc3[nH]1)CC2. The number of methoxy groups -OCH3 is 2. The van der Waals surface area contributed by atoms with Gasteiger partial charge >= 0.3 is 0 Å². The van der Waals surface area contributed by atoms with Crippen molar-refractivity contribution in [1.82, 2.24) is 14.9 Å². The molecule has 0 saturated heterocycles. The smallest absolute Gasteiger partial charge is 0.223 e. The minimum atomic E-state index is -0.123. The number of aryl methyl sites for hydroxylation is 1. The van der Waals surface area contributed by atoms with Crippen LogP contribution in [0.15, 0.2) is 53.9 Å². The van der Waals surface area contributed by atoms with E-state index in [9.17, 15) is 4.79 Å². The van der Waals surface area contributed by atoms with Crippen molar-refractivity contribution in [3.05, 3.63) is 75.7 Å². The average molecular weight is 448 g/mol. The maximum absolute atomic E-state index is 13.4. The maximum atomic E-state index is 13.4. The summed E-state index contributed by atoms with van der Waals surface area (Å²) < 4.78 is 11.1. The zero-order valence-corrected chi connectivity index (χ0v) is 18.9. The van der Waals surface area contributed by atoms with Gasteiger partial charge < -0.3 is 19.4 Å². The molecule has 0 saturated carbocycles. The predicted molar refractivity (Wildman–Crippen MR) is 126 cm³/mol. The first-order valence-corrected chi connectivity index (χ1v) is 11.6. The summed E-state index contributed by atoms with van der Waals surface area (Å²) in [6.45, 7) is 0.671. The van der Waals surface area contributed by atoms with Crippen molar-refractivity contribution in [2.75, 3.05) is 20.8 Å². The fraction of sp³-hybridized carbons (Fsp3) is 0.280. The summed E-state index contributed by atoms with van der Waals surface area (Å²) in [4.78, 5) is 24.5. The third kappa shape index (κ3) is 3.73. The van der Waals surface area contributed by atoms with E-state index in [0.717, 1.165) is 39.5 Å². The molecule has 2 aromatic carbocycles. The molecule has 0 bridgehead atoms. The van der Waals surface area contributed by atoms with Crippen molar-refractivity contribution in [3.63, 3.8) is 0 Å². The Labute approximate surface area is 190 Å². The Morgan fingerprint density at radius 1 is 1.16 bits per heavy atom. The number of nitrogens with zero attached hydrogens (tertiary/aromatic N) is 2. The quantitative estimate of drug-likeness (QED) is 0.463. The Kier molecular flexibility index (Phi) is 5.57. The van der Waals surface area contributed by atoms with Crippen LogP contribution in [0.3, 0.4) is 0 Å². The molecular weight excluding hydrogens is 422 g/mol. The van der Waals surface area contributed by atoms with Gasteiger partial charge in [0.05, 0.1) is 31.3 Å². The van der Waals surface area contributed by atoms with Crippen LogP contribution in [0.4, 0.5) is 0 Å². The number of imidazole rings is 1. The molecular formula is C25H25N3O3S. The number of carbonyl (C=O) groups excluding carboxylic acids is 1. The van der Waals surface area contributed by atoms with E-state index in [4.69, 9.17) is 9.47 Å². The molecule has 0 spiro atoms. The second-order valence-electron chi connectivity index (χ2n) is 7.86. The van der Waals surface area contributed by atoms with Gasteiger partial charge in [0.15, 0.2) is 11.5 Å². The van der Waals surface area contributed by atoms with E-state index < -0.39 is 0 Å². The molecule has 0 aliphatic carbocycles. The number of carbonyl (C=O) groups is 1. The average Bonchev–Trinajstić information content (AvgIpc) is 3.50. The van der Waals surface area contributed by atoms with Crippen molar-refractivity contribution >= 4 is 28.3 Å². The second-order valence-corrected chi connectivity index (χ2v) is 8.84. The van der Waals surface area contributed by atoms with E-state index >= 15 is 0 Å². The zero-order chi connectivity index (χ0) is 22.1. The molecule has 0 unspecified atom stereocenters.